The van der Waals surface area contributed by atoms with E-state index >= 15 is 0 Å². The van der Waals surface area contributed by atoms with Gasteiger partial charge in [0.15, 0.2) is 0 Å². The lowest BCUT2D eigenvalue weighted by atomic mass is 10.1. The molecule has 0 fully saturated rings. The zero-order valence-corrected chi connectivity index (χ0v) is 11.6. The Kier molecular flexibility index (Phi) is 4.99. The minimum absolute atomic E-state index is 0.0254. The van der Waals surface area contributed by atoms with Crippen molar-refractivity contribution in [2.24, 2.45) is 0 Å². The molecular weight excluding hydrogens is 297 g/mol. The van der Waals surface area contributed by atoms with E-state index in [0.717, 1.165) is 0 Å². The van der Waals surface area contributed by atoms with Crippen molar-refractivity contribution in [1.29, 1.82) is 0 Å². The number of halogens is 2. The number of carbonyl (C=O) groups excluding carboxylic acids is 1. The molecule has 0 spiro atoms. The number of hydrogen-bond acceptors (Lipinski definition) is 3. The van der Waals surface area contributed by atoms with E-state index in [2.05, 4.69) is 17.2 Å². The normalized spacial score (nSPS) is 9.86. The second-order valence-electron chi connectivity index (χ2n) is 4.03. The predicted molar refractivity (Wildman–Crippen MR) is 76.7 cm³/mol. The fraction of sp³-hybridized carbons (Fsp3) is 0.133. The number of aliphatic hydroxyl groups excluding tert-OH is 1. The first kappa shape index (κ1) is 15.1. The molecule has 2 N–H and O–H groups in total. The lowest BCUT2D eigenvalue weighted by molar-refractivity contribution is 0.102. The molecule has 0 saturated carbocycles. The first-order valence-corrected chi connectivity index (χ1v) is 6.43. The average Bonchev–Trinajstić information content (AvgIpc) is 2.88. The van der Waals surface area contributed by atoms with E-state index in [1.165, 1.54) is 30.5 Å². The van der Waals surface area contributed by atoms with Crippen molar-refractivity contribution >= 4 is 23.2 Å². The van der Waals surface area contributed by atoms with Crippen LogP contribution < -0.4 is 5.32 Å². The summed E-state index contributed by atoms with van der Waals surface area (Å²) in [4.78, 5) is 12.0. The van der Waals surface area contributed by atoms with Crippen LogP contribution in [-0.4, -0.2) is 17.6 Å². The highest BCUT2D eigenvalue weighted by Gasteiger charge is 2.14. The lowest BCUT2D eigenvalue weighted by Gasteiger charge is -2.06. The molecule has 1 aromatic heterocycles. The molecule has 2 aromatic rings. The van der Waals surface area contributed by atoms with Gasteiger partial charge in [-0.25, -0.2) is 4.39 Å². The fourth-order valence-corrected chi connectivity index (χ4v) is 1.79. The van der Waals surface area contributed by atoms with Gasteiger partial charge in [0.25, 0.3) is 5.91 Å². The highest BCUT2D eigenvalue weighted by Crippen LogP contribution is 2.21. The molecular formula is C15H11ClFNO3. The molecule has 6 heteroatoms. The minimum Gasteiger partial charge on any atom is -0.452 e. The Labute approximate surface area is 125 Å². The molecule has 0 atom stereocenters. The van der Waals surface area contributed by atoms with Crippen LogP contribution in [0.2, 0.25) is 5.22 Å². The molecule has 1 amide bonds. The number of nitrogens with one attached hydrogen (secondary N) is 1. The molecule has 1 heterocycles. The van der Waals surface area contributed by atoms with E-state index in [1.807, 2.05) is 0 Å². The summed E-state index contributed by atoms with van der Waals surface area (Å²) in [5, 5.41) is 11.3. The highest BCUT2D eigenvalue weighted by molar-refractivity contribution is 6.32. The molecule has 1 aromatic carbocycles. The van der Waals surface area contributed by atoms with Crippen molar-refractivity contribution in [2.45, 2.75) is 6.42 Å². The second kappa shape index (κ2) is 6.93. The molecule has 0 radical (unpaired) electrons. The first-order chi connectivity index (χ1) is 10.1. The summed E-state index contributed by atoms with van der Waals surface area (Å²) in [6, 6.07) is 5.25. The second-order valence-corrected chi connectivity index (χ2v) is 4.37. The van der Waals surface area contributed by atoms with Gasteiger partial charge in [0.2, 0.25) is 5.22 Å². The molecule has 0 saturated heterocycles. The number of carbonyl (C=O) groups is 1. The molecule has 0 bridgehead atoms. The zero-order chi connectivity index (χ0) is 15.2. The van der Waals surface area contributed by atoms with E-state index in [1.54, 1.807) is 0 Å². The summed E-state index contributed by atoms with van der Waals surface area (Å²) in [7, 11) is 0. The van der Waals surface area contributed by atoms with Crippen LogP contribution in [0.1, 0.15) is 22.3 Å². The van der Waals surface area contributed by atoms with Crippen molar-refractivity contribution in [3.8, 4) is 11.8 Å². The SMILES string of the molecule is O=C(Nc1ccc(F)cc1C#CCCO)c1ccoc1Cl. The van der Waals surface area contributed by atoms with Gasteiger partial charge in [-0.2, -0.15) is 0 Å². The third kappa shape index (κ3) is 3.85. The van der Waals surface area contributed by atoms with Crippen LogP contribution in [-0.2, 0) is 0 Å². The monoisotopic (exact) mass is 307 g/mol. The largest absolute Gasteiger partial charge is 0.452 e. The Balaban J connectivity index is 2.26. The Morgan fingerprint density at radius 3 is 2.90 bits per heavy atom. The fourth-order valence-electron chi connectivity index (χ4n) is 1.59. The molecule has 4 nitrogen and oxygen atoms in total. The van der Waals surface area contributed by atoms with Crippen LogP contribution in [0, 0.1) is 17.7 Å². The van der Waals surface area contributed by atoms with Crippen LogP contribution in [0.3, 0.4) is 0 Å². The third-order valence-corrected chi connectivity index (χ3v) is 2.84. The topological polar surface area (TPSA) is 62.5 Å². The van der Waals surface area contributed by atoms with Crippen LogP contribution in [0.25, 0.3) is 0 Å². The Hall–Kier alpha value is -2.29. The summed E-state index contributed by atoms with van der Waals surface area (Å²) in [5.74, 6) is 4.42. The van der Waals surface area contributed by atoms with E-state index in [9.17, 15) is 9.18 Å². The summed E-state index contributed by atoms with van der Waals surface area (Å²) in [5.41, 5.74) is 0.843. The number of furan rings is 1. The van der Waals surface area contributed by atoms with Crippen LogP contribution >= 0.6 is 11.6 Å². The quantitative estimate of drug-likeness (QED) is 0.857. The molecule has 0 aliphatic heterocycles. The molecule has 21 heavy (non-hydrogen) atoms. The van der Waals surface area contributed by atoms with Crippen LogP contribution in [0.4, 0.5) is 10.1 Å². The van der Waals surface area contributed by atoms with E-state index in [0.29, 0.717) is 11.3 Å². The van der Waals surface area contributed by atoms with Gasteiger partial charge >= 0.3 is 0 Å². The van der Waals surface area contributed by atoms with Crippen molar-refractivity contribution in [2.75, 3.05) is 11.9 Å². The number of anilines is 1. The van der Waals surface area contributed by atoms with E-state index < -0.39 is 11.7 Å². The van der Waals surface area contributed by atoms with Crippen molar-refractivity contribution in [3.63, 3.8) is 0 Å². The van der Waals surface area contributed by atoms with Crippen LogP contribution in [0.15, 0.2) is 34.9 Å². The van der Waals surface area contributed by atoms with E-state index in [-0.39, 0.29) is 23.8 Å². The predicted octanol–water partition coefficient (Wildman–Crippen LogP) is 3.06. The Bertz CT molecular complexity index is 715. The van der Waals surface area contributed by atoms with Crippen molar-refractivity contribution in [3.05, 3.63) is 52.7 Å². The molecule has 0 aliphatic carbocycles. The first-order valence-electron chi connectivity index (χ1n) is 6.05. The zero-order valence-electron chi connectivity index (χ0n) is 10.8. The molecule has 0 aliphatic rings. The maximum Gasteiger partial charge on any atom is 0.260 e. The Morgan fingerprint density at radius 2 is 2.24 bits per heavy atom. The summed E-state index contributed by atoms with van der Waals surface area (Å²) < 4.78 is 18.1. The number of benzene rings is 1. The van der Waals surface area contributed by atoms with Gasteiger partial charge in [0.05, 0.1) is 29.7 Å². The molecule has 0 unspecified atom stereocenters. The van der Waals surface area contributed by atoms with Gasteiger partial charge in [-0.1, -0.05) is 11.8 Å². The lowest BCUT2D eigenvalue weighted by Crippen LogP contribution is -2.12. The molecule has 2 rings (SSSR count). The number of aliphatic hydroxyl groups is 1. The summed E-state index contributed by atoms with van der Waals surface area (Å²) >= 11 is 5.73. The Morgan fingerprint density at radius 1 is 1.43 bits per heavy atom. The van der Waals surface area contributed by atoms with Crippen molar-refractivity contribution in [1.82, 2.24) is 0 Å². The number of amides is 1. The minimum atomic E-state index is -0.481. The summed E-state index contributed by atoms with van der Waals surface area (Å²) in [6.45, 7) is -0.0887. The van der Waals surface area contributed by atoms with Gasteiger partial charge < -0.3 is 14.8 Å². The van der Waals surface area contributed by atoms with E-state index in [4.69, 9.17) is 21.1 Å². The maximum atomic E-state index is 13.3. The third-order valence-electron chi connectivity index (χ3n) is 2.55. The average molecular weight is 308 g/mol. The maximum absolute atomic E-state index is 13.3. The number of rotatable bonds is 3. The standard InChI is InChI=1S/C15H11ClFNO3/c16-14-12(6-8-21-14)15(20)18-13-5-4-11(17)9-10(13)3-1-2-7-19/h4-6,8-9,19H,2,7H2,(H,18,20). The van der Waals surface area contributed by atoms with Gasteiger partial charge in [0.1, 0.15) is 5.82 Å². The van der Waals surface area contributed by atoms with Gasteiger partial charge in [-0.05, 0) is 35.9 Å². The van der Waals surface area contributed by atoms with Gasteiger partial charge in [-0.15, -0.1) is 0 Å². The smallest absolute Gasteiger partial charge is 0.260 e. The van der Waals surface area contributed by atoms with Gasteiger partial charge in [0, 0.05) is 6.42 Å². The summed E-state index contributed by atoms with van der Waals surface area (Å²) in [6.07, 6.45) is 1.56. The molecule has 108 valence electrons. The van der Waals surface area contributed by atoms with Crippen molar-refractivity contribution < 1.29 is 18.7 Å². The number of hydrogen-bond donors (Lipinski definition) is 2. The highest BCUT2D eigenvalue weighted by atomic mass is 35.5. The van der Waals surface area contributed by atoms with Gasteiger partial charge in [-0.3, -0.25) is 4.79 Å². The van der Waals surface area contributed by atoms with Crippen LogP contribution in [0.5, 0.6) is 0 Å².